The van der Waals surface area contributed by atoms with Crippen LogP contribution in [0.3, 0.4) is 0 Å². The van der Waals surface area contributed by atoms with Crippen LogP contribution >= 0.6 is 0 Å². The molecule has 13 heavy (non-hydrogen) atoms. The zero-order valence-corrected chi connectivity index (χ0v) is 7.73. The maximum Gasteiger partial charge on any atom is 0.116 e. The van der Waals surface area contributed by atoms with Crippen molar-refractivity contribution in [3.63, 3.8) is 0 Å². The van der Waals surface area contributed by atoms with Crippen molar-refractivity contribution in [2.45, 2.75) is 19.8 Å². The van der Waals surface area contributed by atoms with Gasteiger partial charge in [-0.15, -0.1) is 0 Å². The second-order valence-electron chi connectivity index (χ2n) is 3.34. The van der Waals surface area contributed by atoms with Gasteiger partial charge in [-0.1, -0.05) is 13.8 Å². The fourth-order valence-electron chi connectivity index (χ4n) is 1.36. The van der Waals surface area contributed by atoms with E-state index in [0.29, 0.717) is 5.92 Å². The average molecular weight is 173 g/mol. The zero-order chi connectivity index (χ0) is 9.26. The summed E-state index contributed by atoms with van der Waals surface area (Å²) < 4.78 is 0. The first kappa shape index (κ1) is 8.10. The molecule has 2 rings (SSSR count). The summed E-state index contributed by atoms with van der Waals surface area (Å²) in [4.78, 5) is 12.4. The first-order valence-corrected chi connectivity index (χ1v) is 4.32. The molecule has 2 heterocycles. The van der Waals surface area contributed by atoms with Crippen LogP contribution in [0.25, 0.3) is 10.9 Å². The van der Waals surface area contributed by atoms with Crippen molar-refractivity contribution in [1.82, 2.24) is 15.0 Å². The highest BCUT2D eigenvalue weighted by atomic mass is 14.8. The van der Waals surface area contributed by atoms with E-state index in [-0.39, 0.29) is 0 Å². The van der Waals surface area contributed by atoms with E-state index in [0.717, 1.165) is 10.9 Å². The number of pyridine rings is 1. The van der Waals surface area contributed by atoms with Crippen LogP contribution in [0.2, 0.25) is 0 Å². The van der Waals surface area contributed by atoms with Gasteiger partial charge < -0.3 is 0 Å². The third-order valence-electron chi connectivity index (χ3n) is 2.06. The van der Waals surface area contributed by atoms with Crippen LogP contribution in [0.15, 0.2) is 24.9 Å². The van der Waals surface area contributed by atoms with E-state index < -0.39 is 0 Å². The summed E-state index contributed by atoms with van der Waals surface area (Å²) in [5.41, 5.74) is 2.19. The minimum Gasteiger partial charge on any atom is -0.264 e. The topological polar surface area (TPSA) is 38.7 Å². The van der Waals surface area contributed by atoms with E-state index in [1.807, 2.05) is 6.20 Å². The highest BCUT2D eigenvalue weighted by molar-refractivity contribution is 5.79. The Hall–Kier alpha value is -1.51. The summed E-state index contributed by atoms with van der Waals surface area (Å²) >= 11 is 0. The standard InChI is InChI=1S/C10H11N3/c1-7(2)9-5-11-3-8-4-12-6-13-10(8)9/h3-7H,1-2H3. The summed E-state index contributed by atoms with van der Waals surface area (Å²) in [5.74, 6) is 0.450. The van der Waals surface area contributed by atoms with Gasteiger partial charge in [-0.2, -0.15) is 0 Å². The summed E-state index contributed by atoms with van der Waals surface area (Å²) in [6, 6.07) is 0. The SMILES string of the molecule is CC(C)c1cncc2cncnc12. The molecule has 0 radical (unpaired) electrons. The first-order valence-electron chi connectivity index (χ1n) is 4.32. The van der Waals surface area contributed by atoms with Gasteiger partial charge in [-0.05, 0) is 11.5 Å². The number of aromatic nitrogens is 3. The molecule has 0 saturated heterocycles. The molecular weight excluding hydrogens is 162 g/mol. The van der Waals surface area contributed by atoms with Gasteiger partial charge in [-0.25, -0.2) is 9.97 Å². The lowest BCUT2D eigenvalue weighted by atomic mass is 10.0. The lowest BCUT2D eigenvalue weighted by Gasteiger charge is -2.06. The lowest BCUT2D eigenvalue weighted by molar-refractivity contribution is 0.864. The molecule has 2 aromatic heterocycles. The molecular formula is C10H11N3. The molecule has 3 heteroatoms. The number of hydrogen-bond donors (Lipinski definition) is 0. The van der Waals surface area contributed by atoms with Crippen molar-refractivity contribution < 1.29 is 0 Å². The molecule has 2 aromatic rings. The molecule has 0 amide bonds. The predicted octanol–water partition coefficient (Wildman–Crippen LogP) is 2.15. The van der Waals surface area contributed by atoms with Crippen molar-refractivity contribution in [3.8, 4) is 0 Å². The minimum absolute atomic E-state index is 0.450. The van der Waals surface area contributed by atoms with Gasteiger partial charge in [0.05, 0.1) is 5.52 Å². The van der Waals surface area contributed by atoms with E-state index >= 15 is 0 Å². The Bertz CT molecular complexity index is 418. The molecule has 3 nitrogen and oxygen atoms in total. The zero-order valence-electron chi connectivity index (χ0n) is 7.73. The van der Waals surface area contributed by atoms with E-state index in [1.165, 1.54) is 5.56 Å². The van der Waals surface area contributed by atoms with Crippen molar-refractivity contribution in [2.24, 2.45) is 0 Å². The van der Waals surface area contributed by atoms with Crippen molar-refractivity contribution >= 4 is 10.9 Å². The quantitative estimate of drug-likeness (QED) is 0.663. The molecule has 0 bridgehead atoms. The van der Waals surface area contributed by atoms with Crippen molar-refractivity contribution in [2.75, 3.05) is 0 Å². The summed E-state index contributed by atoms with van der Waals surface area (Å²) in [7, 11) is 0. The number of hydrogen-bond acceptors (Lipinski definition) is 3. The van der Waals surface area contributed by atoms with Gasteiger partial charge in [0, 0.05) is 24.0 Å². The van der Waals surface area contributed by atoms with Crippen LogP contribution in [-0.2, 0) is 0 Å². The van der Waals surface area contributed by atoms with Crippen LogP contribution in [0.5, 0.6) is 0 Å². The summed E-state index contributed by atoms with van der Waals surface area (Å²) in [6.07, 6.45) is 7.04. The molecule has 0 N–H and O–H groups in total. The Morgan fingerprint density at radius 2 is 1.85 bits per heavy atom. The molecule has 66 valence electrons. The monoisotopic (exact) mass is 173 g/mol. The number of fused-ring (bicyclic) bond motifs is 1. The molecule has 0 spiro atoms. The van der Waals surface area contributed by atoms with Crippen LogP contribution in [0.1, 0.15) is 25.3 Å². The Labute approximate surface area is 76.9 Å². The van der Waals surface area contributed by atoms with E-state index in [2.05, 4.69) is 28.8 Å². The highest BCUT2D eigenvalue weighted by Gasteiger charge is 2.05. The van der Waals surface area contributed by atoms with Crippen molar-refractivity contribution in [1.29, 1.82) is 0 Å². The minimum atomic E-state index is 0.450. The van der Waals surface area contributed by atoms with E-state index in [4.69, 9.17) is 0 Å². The third-order valence-corrected chi connectivity index (χ3v) is 2.06. The van der Waals surface area contributed by atoms with Gasteiger partial charge in [0.15, 0.2) is 0 Å². The van der Waals surface area contributed by atoms with Crippen LogP contribution in [0.4, 0.5) is 0 Å². The van der Waals surface area contributed by atoms with Crippen molar-refractivity contribution in [3.05, 3.63) is 30.5 Å². The van der Waals surface area contributed by atoms with Gasteiger partial charge >= 0.3 is 0 Å². The molecule has 0 aliphatic carbocycles. The van der Waals surface area contributed by atoms with Gasteiger partial charge in [-0.3, -0.25) is 4.98 Å². The smallest absolute Gasteiger partial charge is 0.116 e. The average Bonchev–Trinajstić information content (AvgIpc) is 2.17. The molecule has 0 aliphatic heterocycles. The maximum atomic E-state index is 4.25. The molecule has 0 atom stereocenters. The fraction of sp³-hybridized carbons (Fsp3) is 0.300. The maximum absolute atomic E-state index is 4.25. The fourth-order valence-corrected chi connectivity index (χ4v) is 1.36. The molecule has 0 fully saturated rings. The van der Waals surface area contributed by atoms with Crippen LogP contribution in [0, 0.1) is 0 Å². The first-order chi connectivity index (χ1) is 6.29. The Balaban J connectivity index is 2.76. The van der Waals surface area contributed by atoms with Gasteiger partial charge in [0.25, 0.3) is 0 Å². The predicted molar refractivity (Wildman–Crippen MR) is 51.4 cm³/mol. The summed E-state index contributed by atoms with van der Waals surface area (Å²) in [6.45, 7) is 4.27. The molecule has 0 saturated carbocycles. The van der Waals surface area contributed by atoms with E-state index in [9.17, 15) is 0 Å². The van der Waals surface area contributed by atoms with Crippen LogP contribution in [-0.4, -0.2) is 15.0 Å². The molecule has 0 aromatic carbocycles. The van der Waals surface area contributed by atoms with Gasteiger partial charge in [0.2, 0.25) is 0 Å². The van der Waals surface area contributed by atoms with Gasteiger partial charge in [0.1, 0.15) is 6.33 Å². The Kier molecular flexibility index (Phi) is 1.93. The Morgan fingerprint density at radius 3 is 2.62 bits per heavy atom. The second-order valence-corrected chi connectivity index (χ2v) is 3.34. The van der Waals surface area contributed by atoms with E-state index in [1.54, 1.807) is 18.7 Å². The normalized spacial score (nSPS) is 11.0. The largest absolute Gasteiger partial charge is 0.264 e. The second kappa shape index (κ2) is 3.09. The third kappa shape index (κ3) is 1.37. The highest BCUT2D eigenvalue weighted by Crippen LogP contribution is 2.20. The summed E-state index contributed by atoms with van der Waals surface area (Å²) in [5, 5.41) is 1.01. The number of nitrogens with zero attached hydrogens (tertiary/aromatic N) is 3. The lowest BCUT2D eigenvalue weighted by Crippen LogP contribution is -1.93. The number of rotatable bonds is 1. The Morgan fingerprint density at radius 1 is 1.08 bits per heavy atom. The molecule has 0 aliphatic rings. The van der Waals surface area contributed by atoms with Crippen LogP contribution < -0.4 is 0 Å². The molecule has 0 unspecified atom stereocenters.